The summed E-state index contributed by atoms with van der Waals surface area (Å²) in [5, 5.41) is 12.7. The second kappa shape index (κ2) is 10.7. The number of halogens is 1. The molecule has 2 fully saturated rings. The number of nitrogens with one attached hydrogen (secondary N) is 2. The Morgan fingerprint density at radius 3 is 2.72 bits per heavy atom. The molecule has 13 heteroatoms. The van der Waals surface area contributed by atoms with Crippen LogP contribution < -0.4 is 9.62 Å². The first kappa shape index (κ1) is 27.4. The van der Waals surface area contributed by atoms with Crippen molar-refractivity contribution in [3.63, 3.8) is 0 Å². The standard InChI is InChI=1S/C26H33ClN8O3S/c1-17-15-35-24(29-25(17)33-11-9-18(14-28)16-33)13-22(30-35)23-6-4-5-10-34(23)26(36)20-12-19(27)7-8-21(20)31-39(37,38)32(2)3/h7-8,12-15,18,23,28,31H,4-6,9-11,16H2,1-3H3/t18?,23-/m0/s1. The van der Waals surface area contributed by atoms with Crippen molar-refractivity contribution >= 4 is 51.1 Å². The largest absolute Gasteiger partial charge is 0.356 e. The van der Waals surface area contributed by atoms with E-state index in [0.717, 1.165) is 60.2 Å². The van der Waals surface area contributed by atoms with Gasteiger partial charge in [0.2, 0.25) is 0 Å². The van der Waals surface area contributed by atoms with Gasteiger partial charge in [0.25, 0.3) is 5.91 Å². The Labute approximate surface area is 233 Å². The summed E-state index contributed by atoms with van der Waals surface area (Å²) in [7, 11) is -0.990. The zero-order valence-electron chi connectivity index (χ0n) is 22.3. The molecule has 0 bridgehead atoms. The third-order valence-electron chi connectivity index (χ3n) is 7.42. The zero-order valence-corrected chi connectivity index (χ0v) is 23.8. The molecule has 2 aromatic heterocycles. The summed E-state index contributed by atoms with van der Waals surface area (Å²) in [6.45, 7) is 4.15. The van der Waals surface area contributed by atoms with Crippen molar-refractivity contribution < 1.29 is 13.2 Å². The van der Waals surface area contributed by atoms with E-state index >= 15 is 0 Å². The lowest BCUT2D eigenvalue weighted by atomic mass is 9.98. The van der Waals surface area contributed by atoms with Crippen LogP contribution in [-0.2, 0) is 10.2 Å². The fraction of sp³-hybridized carbons (Fsp3) is 0.462. The predicted molar refractivity (Wildman–Crippen MR) is 152 cm³/mol. The molecule has 0 spiro atoms. The highest BCUT2D eigenvalue weighted by atomic mass is 35.5. The average Bonchev–Trinajstić information content (AvgIpc) is 3.55. The zero-order chi connectivity index (χ0) is 27.9. The molecule has 2 saturated heterocycles. The summed E-state index contributed by atoms with van der Waals surface area (Å²) in [6, 6.07) is 6.20. The highest BCUT2D eigenvalue weighted by Crippen LogP contribution is 2.34. The fourth-order valence-corrected chi connectivity index (χ4v) is 6.08. The van der Waals surface area contributed by atoms with Gasteiger partial charge in [-0.15, -0.1) is 0 Å². The molecule has 0 aliphatic carbocycles. The van der Waals surface area contributed by atoms with Crippen LogP contribution in [0.5, 0.6) is 0 Å². The molecule has 1 aromatic carbocycles. The van der Waals surface area contributed by atoms with Gasteiger partial charge in [-0.05, 0) is 50.8 Å². The van der Waals surface area contributed by atoms with Crippen molar-refractivity contribution in [2.45, 2.75) is 38.6 Å². The third kappa shape index (κ3) is 5.45. The van der Waals surface area contributed by atoms with Gasteiger partial charge >= 0.3 is 10.2 Å². The number of benzene rings is 1. The Hall–Kier alpha value is -3.22. The van der Waals surface area contributed by atoms with Gasteiger partial charge in [-0.25, -0.2) is 9.50 Å². The monoisotopic (exact) mass is 572 g/mol. The van der Waals surface area contributed by atoms with E-state index in [4.69, 9.17) is 27.1 Å². The minimum absolute atomic E-state index is 0.174. The number of amides is 1. The molecule has 2 aliphatic heterocycles. The number of hydrogen-bond acceptors (Lipinski definition) is 7. The number of fused-ring (bicyclic) bond motifs is 1. The van der Waals surface area contributed by atoms with Gasteiger partial charge in [0, 0.05) is 68.7 Å². The van der Waals surface area contributed by atoms with E-state index in [1.165, 1.54) is 32.4 Å². The molecule has 2 atom stereocenters. The summed E-state index contributed by atoms with van der Waals surface area (Å²) in [4.78, 5) is 22.8. The number of likely N-dealkylation sites (tertiary alicyclic amines) is 1. The van der Waals surface area contributed by atoms with Gasteiger partial charge < -0.3 is 15.2 Å². The summed E-state index contributed by atoms with van der Waals surface area (Å²) in [5.74, 6) is 0.824. The number of nitrogens with zero attached hydrogens (tertiary/aromatic N) is 6. The van der Waals surface area contributed by atoms with E-state index in [1.54, 1.807) is 15.5 Å². The van der Waals surface area contributed by atoms with Gasteiger partial charge in [0.05, 0.1) is 23.0 Å². The van der Waals surface area contributed by atoms with Gasteiger partial charge in [-0.2, -0.15) is 17.8 Å². The van der Waals surface area contributed by atoms with Crippen LogP contribution in [0.25, 0.3) is 5.65 Å². The van der Waals surface area contributed by atoms with Crippen molar-refractivity contribution in [2.75, 3.05) is 43.4 Å². The van der Waals surface area contributed by atoms with Crippen LogP contribution in [0.1, 0.15) is 53.3 Å². The van der Waals surface area contributed by atoms with E-state index in [0.29, 0.717) is 17.2 Å². The Morgan fingerprint density at radius 2 is 2.00 bits per heavy atom. The average molecular weight is 573 g/mol. The Morgan fingerprint density at radius 1 is 1.21 bits per heavy atom. The van der Waals surface area contributed by atoms with E-state index in [9.17, 15) is 13.2 Å². The normalized spacial score (nSPS) is 20.1. The first-order valence-electron chi connectivity index (χ1n) is 13.0. The highest BCUT2D eigenvalue weighted by molar-refractivity contribution is 7.90. The van der Waals surface area contributed by atoms with Crippen molar-refractivity contribution in [2.24, 2.45) is 5.92 Å². The van der Waals surface area contributed by atoms with E-state index in [2.05, 4.69) is 9.62 Å². The summed E-state index contributed by atoms with van der Waals surface area (Å²) in [6.07, 6.45) is 6.91. The van der Waals surface area contributed by atoms with Crippen molar-refractivity contribution in [1.82, 2.24) is 23.8 Å². The van der Waals surface area contributed by atoms with E-state index in [-0.39, 0.29) is 29.1 Å². The van der Waals surface area contributed by atoms with Crippen LogP contribution in [0.3, 0.4) is 0 Å². The lowest BCUT2D eigenvalue weighted by molar-refractivity contribution is 0.0607. The minimum atomic E-state index is -3.83. The molecule has 2 N–H and O–H groups in total. The topological polar surface area (TPSA) is 127 Å². The maximum Gasteiger partial charge on any atom is 0.301 e. The molecule has 11 nitrogen and oxygen atoms in total. The molecule has 1 amide bonds. The lowest BCUT2D eigenvalue weighted by Gasteiger charge is -2.35. The van der Waals surface area contributed by atoms with Crippen molar-refractivity contribution in [1.29, 1.82) is 5.41 Å². The molecular formula is C26H33ClN8O3S. The Balaban J connectivity index is 1.47. The molecule has 4 heterocycles. The van der Waals surface area contributed by atoms with Crippen LogP contribution in [0, 0.1) is 18.3 Å². The molecule has 208 valence electrons. The van der Waals surface area contributed by atoms with Crippen molar-refractivity contribution in [3.05, 3.63) is 52.3 Å². The molecule has 2 aliphatic rings. The molecule has 39 heavy (non-hydrogen) atoms. The minimum Gasteiger partial charge on any atom is -0.356 e. The molecule has 1 unspecified atom stereocenters. The Kier molecular flexibility index (Phi) is 7.53. The maximum atomic E-state index is 13.9. The van der Waals surface area contributed by atoms with Gasteiger partial charge in [0.1, 0.15) is 5.82 Å². The maximum absolute atomic E-state index is 13.9. The molecular weight excluding hydrogens is 540 g/mol. The predicted octanol–water partition coefficient (Wildman–Crippen LogP) is 3.75. The lowest BCUT2D eigenvalue weighted by Crippen LogP contribution is -2.39. The SMILES string of the molecule is Cc1cn2nc([C@@H]3CCCCN3C(=O)c3cc(Cl)ccc3NS(=O)(=O)N(C)C)cc2nc1N1CCC(C=N)C1. The quantitative estimate of drug-likeness (QED) is 0.415. The number of carbonyl (C=O) groups is 1. The van der Waals surface area contributed by atoms with Crippen LogP contribution >= 0.6 is 11.6 Å². The Bertz CT molecular complexity index is 1520. The number of carbonyl (C=O) groups excluding carboxylic acids is 1. The van der Waals surface area contributed by atoms with Gasteiger partial charge in [-0.1, -0.05) is 11.6 Å². The van der Waals surface area contributed by atoms with Crippen LogP contribution in [0.4, 0.5) is 11.5 Å². The summed E-state index contributed by atoms with van der Waals surface area (Å²) in [5.41, 5.74) is 2.80. The van der Waals surface area contributed by atoms with Crippen LogP contribution in [-0.4, -0.2) is 78.1 Å². The molecule has 0 saturated carbocycles. The smallest absolute Gasteiger partial charge is 0.301 e. The number of aryl methyl sites for hydroxylation is 1. The summed E-state index contributed by atoms with van der Waals surface area (Å²) < 4.78 is 30.4. The van der Waals surface area contributed by atoms with E-state index < -0.39 is 10.2 Å². The fourth-order valence-electron chi connectivity index (χ4n) is 5.27. The van der Waals surface area contributed by atoms with Crippen LogP contribution in [0.2, 0.25) is 5.02 Å². The third-order valence-corrected chi connectivity index (χ3v) is 9.10. The molecule has 3 aromatic rings. The first-order chi connectivity index (χ1) is 18.6. The summed E-state index contributed by atoms with van der Waals surface area (Å²) >= 11 is 6.24. The van der Waals surface area contributed by atoms with Gasteiger partial charge in [0.15, 0.2) is 5.65 Å². The number of rotatable bonds is 7. The molecule has 5 rings (SSSR count). The number of hydrogen-bond donors (Lipinski definition) is 2. The van der Waals surface area contributed by atoms with Crippen LogP contribution in [0.15, 0.2) is 30.5 Å². The number of aromatic nitrogens is 3. The van der Waals surface area contributed by atoms with Gasteiger partial charge in [-0.3, -0.25) is 9.52 Å². The molecule has 0 radical (unpaired) electrons. The first-order valence-corrected chi connectivity index (χ1v) is 14.8. The highest BCUT2D eigenvalue weighted by Gasteiger charge is 2.33. The number of piperidine rings is 1. The second-order valence-electron chi connectivity index (χ2n) is 10.4. The number of anilines is 2. The van der Waals surface area contributed by atoms with Crippen molar-refractivity contribution in [3.8, 4) is 0 Å². The van der Waals surface area contributed by atoms with E-state index in [1.807, 2.05) is 19.2 Å². The second-order valence-corrected chi connectivity index (χ2v) is 12.7.